The quantitative estimate of drug-likeness (QED) is 0.245. The van der Waals surface area contributed by atoms with E-state index in [1.165, 1.54) is 6.07 Å². The second-order valence-corrected chi connectivity index (χ2v) is 8.58. The number of primary amides is 1. The van der Waals surface area contributed by atoms with Crippen LogP contribution in [0.25, 0.3) is 11.4 Å². The molecule has 192 valence electrons. The van der Waals surface area contributed by atoms with Crippen LogP contribution in [0.1, 0.15) is 50.1 Å². The largest absolute Gasteiger partial charge is 0.439 e. The number of H-pyrrole nitrogens is 1. The van der Waals surface area contributed by atoms with Gasteiger partial charge < -0.3 is 21.7 Å². The maximum atomic E-state index is 12.9. The molecule has 1 aliphatic carbocycles. The van der Waals surface area contributed by atoms with E-state index in [2.05, 4.69) is 40.6 Å². The van der Waals surface area contributed by atoms with Gasteiger partial charge in [-0.05, 0) is 47.7 Å². The number of carbonyl (C=O) groups is 3. The van der Waals surface area contributed by atoms with E-state index in [-0.39, 0.29) is 24.0 Å². The Morgan fingerprint density at radius 1 is 1.05 bits per heavy atom. The first-order valence-corrected chi connectivity index (χ1v) is 11.6. The van der Waals surface area contributed by atoms with Gasteiger partial charge in [-0.3, -0.25) is 19.1 Å². The lowest BCUT2D eigenvalue weighted by molar-refractivity contribution is 0.0931. The third-order valence-corrected chi connectivity index (χ3v) is 6.02. The second kappa shape index (κ2) is 10.3. The summed E-state index contributed by atoms with van der Waals surface area (Å²) in [4.78, 5) is 58.4. The monoisotopic (exact) mass is 514 g/mol. The summed E-state index contributed by atoms with van der Waals surface area (Å²) in [5.74, 6) is -1.21. The number of nitrogens with two attached hydrogens (primary N) is 1. The standard InChI is InChI=1S/C25H22N8O5/c26-24(36)30-16-3-1-2-13(8-16)11-27-22(34)19-10-20(29-12-28-19)23(35)31-18-7-5-14-9-15(4-6-17(14)18)21-32-25(37)38-33-21/h1-4,6,8-10,12,18H,5,7,11H2,(H,27,34)(H,31,35)(H3,26,30,36)(H,32,33,37)/t18-/m0/s1. The van der Waals surface area contributed by atoms with Crippen molar-refractivity contribution in [2.45, 2.75) is 25.4 Å². The number of benzene rings is 2. The van der Waals surface area contributed by atoms with E-state index >= 15 is 0 Å². The number of carbonyl (C=O) groups excluding carboxylic acids is 3. The van der Waals surface area contributed by atoms with E-state index in [0.29, 0.717) is 23.5 Å². The molecule has 2 aromatic carbocycles. The Labute approximate surface area is 214 Å². The third-order valence-electron chi connectivity index (χ3n) is 6.02. The molecule has 1 aliphatic rings. The molecule has 6 N–H and O–H groups in total. The highest BCUT2D eigenvalue weighted by molar-refractivity contribution is 5.97. The van der Waals surface area contributed by atoms with E-state index in [1.54, 1.807) is 30.3 Å². The topological polar surface area (TPSA) is 198 Å². The molecule has 0 aliphatic heterocycles. The fourth-order valence-corrected chi connectivity index (χ4v) is 4.28. The highest BCUT2D eigenvalue weighted by atomic mass is 16.5. The lowest BCUT2D eigenvalue weighted by Gasteiger charge is -2.14. The van der Waals surface area contributed by atoms with Crippen LogP contribution in [-0.2, 0) is 13.0 Å². The summed E-state index contributed by atoms with van der Waals surface area (Å²) in [5, 5.41) is 11.9. The summed E-state index contributed by atoms with van der Waals surface area (Å²) >= 11 is 0. The molecule has 2 heterocycles. The molecule has 0 unspecified atom stereocenters. The van der Waals surface area contributed by atoms with Crippen molar-refractivity contribution in [1.29, 1.82) is 0 Å². The number of fused-ring (bicyclic) bond motifs is 1. The summed E-state index contributed by atoms with van der Waals surface area (Å²) in [7, 11) is 0. The van der Waals surface area contributed by atoms with Crippen LogP contribution in [0.15, 0.2) is 64.2 Å². The molecule has 2 aromatic heterocycles. The number of anilines is 1. The van der Waals surface area contributed by atoms with Crippen molar-refractivity contribution < 1.29 is 18.9 Å². The highest BCUT2D eigenvalue weighted by Gasteiger charge is 2.26. The summed E-state index contributed by atoms with van der Waals surface area (Å²) in [5.41, 5.74) is 9.15. The van der Waals surface area contributed by atoms with Crippen molar-refractivity contribution in [2.75, 3.05) is 5.32 Å². The Bertz CT molecular complexity index is 1590. The maximum Gasteiger partial charge on any atom is 0.439 e. The molecular weight excluding hydrogens is 492 g/mol. The molecule has 38 heavy (non-hydrogen) atoms. The van der Waals surface area contributed by atoms with Crippen LogP contribution in [0.2, 0.25) is 0 Å². The normalized spacial score (nSPS) is 13.9. The Balaban J connectivity index is 1.22. The molecule has 0 fully saturated rings. The van der Waals surface area contributed by atoms with E-state index in [9.17, 15) is 19.2 Å². The predicted octanol–water partition coefficient (Wildman–Crippen LogP) is 1.66. The van der Waals surface area contributed by atoms with Gasteiger partial charge in [0.05, 0.1) is 6.04 Å². The molecule has 5 rings (SSSR count). The zero-order valence-corrected chi connectivity index (χ0v) is 19.9. The highest BCUT2D eigenvalue weighted by Crippen LogP contribution is 2.33. The summed E-state index contributed by atoms with van der Waals surface area (Å²) in [6, 6.07) is 12.8. The van der Waals surface area contributed by atoms with Gasteiger partial charge in [-0.25, -0.2) is 19.6 Å². The number of amides is 4. The van der Waals surface area contributed by atoms with Crippen LogP contribution in [0.4, 0.5) is 10.5 Å². The van der Waals surface area contributed by atoms with Gasteiger partial charge in [-0.15, -0.1) is 0 Å². The number of aromatic amines is 1. The lowest BCUT2D eigenvalue weighted by Crippen LogP contribution is -2.29. The second-order valence-electron chi connectivity index (χ2n) is 8.58. The van der Waals surface area contributed by atoms with E-state index < -0.39 is 23.6 Å². The van der Waals surface area contributed by atoms with Gasteiger partial charge in [0.15, 0.2) is 5.82 Å². The number of urea groups is 1. The average molecular weight is 515 g/mol. The first kappa shape index (κ1) is 24.4. The number of rotatable bonds is 7. The van der Waals surface area contributed by atoms with Gasteiger partial charge in [-0.2, -0.15) is 0 Å². The van der Waals surface area contributed by atoms with Gasteiger partial charge >= 0.3 is 11.8 Å². The van der Waals surface area contributed by atoms with Gasteiger partial charge in [-0.1, -0.05) is 29.4 Å². The Hall–Kier alpha value is -5.33. The molecule has 13 heteroatoms. The van der Waals surface area contributed by atoms with E-state index in [0.717, 1.165) is 29.4 Å². The molecule has 4 amide bonds. The fourth-order valence-electron chi connectivity index (χ4n) is 4.28. The lowest BCUT2D eigenvalue weighted by atomic mass is 10.0. The van der Waals surface area contributed by atoms with Gasteiger partial charge in [0.1, 0.15) is 17.7 Å². The molecule has 0 saturated heterocycles. The summed E-state index contributed by atoms with van der Waals surface area (Å²) < 4.78 is 4.57. The van der Waals surface area contributed by atoms with E-state index in [4.69, 9.17) is 5.73 Å². The van der Waals surface area contributed by atoms with Crippen LogP contribution in [0.5, 0.6) is 0 Å². The maximum absolute atomic E-state index is 12.9. The number of hydrogen-bond donors (Lipinski definition) is 5. The van der Waals surface area contributed by atoms with Crippen LogP contribution < -0.4 is 27.4 Å². The third kappa shape index (κ3) is 5.41. The first-order chi connectivity index (χ1) is 18.4. The van der Waals surface area contributed by atoms with Gasteiger partial charge in [0, 0.05) is 23.9 Å². The van der Waals surface area contributed by atoms with E-state index in [1.807, 2.05) is 12.1 Å². The minimum Gasteiger partial charge on any atom is -0.351 e. The number of nitrogens with zero attached hydrogens (tertiary/aromatic N) is 3. The van der Waals surface area contributed by atoms with Crippen molar-refractivity contribution in [2.24, 2.45) is 5.73 Å². The summed E-state index contributed by atoms with van der Waals surface area (Å²) in [6.07, 6.45) is 2.57. The SMILES string of the molecule is NC(=O)Nc1cccc(CNC(=O)c2cc(C(=O)N[C@H]3CCc4cc(-c5noc(=O)[nH]5)ccc43)ncn2)c1. The van der Waals surface area contributed by atoms with Gasteiger partial charge in [0.2, 0.25) is 0 Å². The average Bonchev–Trinajstić information content (AvgIpc) is 3.53. The Morgan fingerprint density at radius 3 is 2.63 bits per heavy atom. The Morgan fingerprint density at radius 2 is 1.87 bits per heavy atom. The van der Waals surface area contributed by atoms with Crippen molar-refractivity contribution in [3.63, 3.8) is 0 Å². The van der Waals surface area contributed by atoms with Crippen molar-refractivity contribution >= 4 is 23.5 Å². The molecule has 1 atom stereocenters. The molecule has 0 saturated carbocycles. The van der Waals surface area contributed by atoms with Crippen molar-refractivity contribution in [3.05, 3.63) is 93.5 Å². The molecular formula is C25H22N8O5. The minimum atomic E-state index is -0.687. The molecule has 0 bridgehead atoms. The number of aryl methyl sites for hydroxylation is 1. The molecule has 13 nitrogen and oxygen atoms in total. The van der Waals surface area contributed by atoms with Crippen LogP contribution in [0, 0.1) is 0 Å². The van der Waals surface area contributed by atoms with Crippen LogP contribution in [-0.4, -0.2) is 38.0 Å². The molecule has 0 radical (unpaired) electrons. The fraction of sp³-hybridized carbons (Fsp3) is 0.160. The minimum absolute atomic E-state index is 0.0367. The Kier molecular flexibility index (Phi) is 6.63. The van der Waals surface area contributed by atoms with Crippen LogP contribution >= 0.6 is 0 Å². The smallest absolute Gasteiger partial charge is 0.351 e. The van der Waals surface area contributed by atoms with Crippen molar-refractivity contribution in [1.82, 2.24) is 30.7 Å². The summed E-state index contributed by atoms with van der Waals surface area (Å²) in [6.45, 7) is 0.168. The zero-order chi connectivity index (χ0) is 26.6. The van der Waals surface area contributed by atoms with Crippen LogP contribution in [0.3, 0.4) is 0 Å². The zero-order valence-electron chi connectivity index (χ0n) is 19.9. The van der Waals surface area contributed by atoms with Crippen molar-refractivity contribution in [3.8, 4) is 11.4 Å². The number of aromatic nitrogens is 4. The number of hydrogen-bond acceptors (Lipinski definition) is 8. The number of nitrogens with one attached hydrogen (secondary N) is 4. The molecule has 4 aromatic rings. The molecule has 0 spiro atoms. The predicted molar refractivity (Wildman–Crippen MR) is 134 cm³/mol. The van der Waals surface area contributed by atoms with Gasteiger partial charge in [0.25, 0.3) is 11.8 Å². The first-order valence-electron chi connectivity index (χ1n) is 11.6.